The SMILES string of the molecule is c1ccc(-c2cc(-c3ccccc3)cc(-c3nc(-c4ccc(-n5c6cc7ccccc7cc6c6c(-n7c8ccccc8c8c9ccccc9ccc87)cccc65)c5ccccc45)nc4ccccc34)c2)cc1.c1ccc(-c2ccc(-c3nc(-c4ccc(-n5c6cc7ccccc7cc6c6c(-n7c8ccccc8c8c9ccccc9ccc87)cccc65)cc4)nc4ccccc34)cc2)cc1. The topological polar surface area (TPSA) is 71.3 Å². The minimum Gasteiger partial charge on any atom is -0.309 e. The van der Waals surface area contributed by atoms with Crippen molar-refractivity contribution in [3.63, 3.8) is 0 Å². The van der Waals surface area contributed by atoms with Gasteiger partial charge < -0.3 is 18.3 Å². The van der Waals surface area contributed by atoms with Gasteiger partial charge in [0.15, 0.2) is 11.6 Å². The van der Waals surface area contributed by atoms with Crippen LogP contribution in [0.15, 0.2) is 473 Å². The van der Waals surface area contributed by atoms with E-state index in [0.29, 0.717) is 11.6 Å². The van der Waals surface area contributed by atoms with E-state index < -0.39 is 0 Å². The third kappa shape index (κ3) is 12.3. The predicted octanol–water partition coefficient (Wildman–Crippen LogP) is 33.1. The Morgan fingerprint density at radius 1 is 0.149 bits per heavy atom. The van der Waals surface area contributed by atoms with Crippen LogP contribution < -0.4 is 0 Å². The third-order valence-electron chi connectivity index (χ3n) is 27.5. The van der Waals surface area contributed by atoms with Crippen LogP contribution in [-0.4, -0.2) is 38.2 Å². The van der Waals surface area contributed by atoms with E-state index >= 15 is 0 Å². The van der Waals surface area contributed by atoms with E-state index in [1.165, 1.54) is 119 Å². The molecule has 0 amide bonds. The Morgan fingerprint density at radius 2 is 0.507 bits per heavy atom. The Bertz CT molecular complexity index is 9630. The molecule has 0 aliphatic rings. The van der Waals surface area contributed by atoms with Crippen LogP contribution in [-0.2, 0) is 0 Å². The van der Waals surface area contributed by atoms with Crippen LogP contribution in [0.1, 0.15) is 0 Å². The first kappa shape index (κ1) is 76.1. The van der Waals surface area contributed by atoms with E-state index in [9.17, 15) is 0 Å². The van der Waals surface area contributed by atoms with E-state index in [1.54, 1.807) is 0 Å². The van der Waals surface area contributed by atoms with E-state index in [4.69, 9.17) is 19.9 Å². The number of fused-ring (bicyclic) bond motifs is 21. The molecule has 622 valence electrons. The molecule has 22 aromatic carbocycles. The number of rotatable bonds is 11. The first-order chi connectivity index (χ1) is 66.5. The van der Waals surface area contributed by atoms with Gasteiger partial charge in [0.25, 0.3) is 0 Å². The molecule has 8 heteroatoms. The summed E-state index contributed by atoms with van der Waals surface area (Å²) in [4.78, 5) is 21.3. The normalized spacial score (nSPS) is 11.9. The van der Waals surface area contributed by atoms with Crippen molar-refractivity contribution in [1.82, 2.24) is 38.2 Å². The van der Waals surface area contributed by atoms with Crippen molar-refractivity contribution in [2.45, 2.75) is 0 Å². The molecule has 0 saturated carbocycles. The van der Waals surface area contributed by atoms with Gasteiger partial charge in [-0.3, -0.25) is 0 Å². The molecule has 0 saturated heterocycles. The van der Waals surface area contributed by atoms with Gasteiger partial charge in [0.1, 0.15) is 0 Å². The monoisotopic (exact) mass is 1700 g/mol. The van der Waals surface area contributed by atoms with Crippen molar-refractivity contribution < 1.29 is 0 Å². The molecule has 0 fully saturated rings. The highest BCUT2D eigenvalue weighted by molar-refractivity contribution is 6.26. The molecule has 0 radical (unpaired) electrons. The van der Waals surface area contributed by atoms with E-state index in [-0.39, 0.29) is 0 Å². The molecule has 8 nitrogen and oxygen atoms in total. The lowest BCUT2D eigenvalue weighted by atomic mass is 9.94. The minimum absolute atomic E-state index is 0.687. The second-order valence-corrected chi connectivity index (χ2v) is 35.0. The largest absolute Gasteiger partial charge is 0.309 e. The Morgan fingerprint density at radius 3 is 1.04 bits per heavy atom. The zero-order valence-electron chi connectivity index (χ0n) is 72.6. The summed E-state index contributed by atoms with van der Waals surface area (Å²) in [6, 6.07) is 171. The molecule has 6 heterocycles. The maximum Gasteiger partial charge on any atom is 0.161 e. The van der Waals surface area contributed by atoms with Crippen molar-refractivity contribution in [3.8, 4) is 101 Å². The fourth-order valence-corrected chi connectivity index (χ4v) is 21.5. The fourth-order valence-electron chi connectivity index (χ4n) is 21.5. The highest BCUT2D eigenvalue weighted by Gasteiger charge is 2.27. The van der Waals surface area contributed by atoms with E-state index in [2.05, 4.69) is 485 Å². The molecule has 0 unspecified atom stereocenters. The average Bonchev–Trinajstić information content (AvgIpc) is 1.55. The van der Waals surface area contributed by atoms with E-state index in [1.807, 2.05) is 6.07 Å². The number of aromatic nitrogens is 8. The van der Waals surface area contributed by atoms with Crippen LogP contribution in [0.25, 0.3) is 264 Å². The highest BCUT2D eigenvalue weighted by Crippen LogP contribution is 2.49. The Kier molecular flexibility index (Phi) is 17.5. The summed E-state index contributed by atoms with van der Waals surface area (Å²) < 4.78 is 9.88. The fraction of sp³-hybridized carbons (Fsp3) is 0. The molecule has 0 atom stereocenters. The summed E-state index contributed by atoms with van der Waals surface area (Å²) in [5.41, 5.74) is 28.5. The summed E-state index contributed by atoms with van der Waals surface area (Å²) >= 11 is 0. The zero-order valence-corrected chi connectivity index (χ0v) is 72.6. The number of nitrogens with zero attached hydrogens (tertiary/aromatic N) is 8. The van der Waals surface area contributed by atoms with Crippen molar-refractivity contribution in [2.24, 2.45) is 0 Å². The third-order valence-corrected chi connectivity index (χ3v) is 27.5. The molecular formula is C126H78N8. The summed E-state index contributed by atoms with van der Waals surface area (Å²) in [6.07, 6.45) is 0. The van der Waals surface area contributed by atoms with Gasteiger partial charge in [-0.1, -0.05) is 334 Å². The number of hydrogen-bond donors (Lipinski definition) is 0. The number of hydrogen-bond acceptors (Lipinski definition) is 4. The van der Waals surface area contributed by atoms with Gasteiger partial charge in [0.2, 0.25) is 0 Å². The Balaban J connectivity index is 0.000000138. The zero-order chi connectivity index (χ0) is 88.0. The highest BCUT2D eigenvalue weighted by atomic mass is 15.0. The maximum atomic E-state index is 5.58. The van der Waals surface area contributed by atoms with Crippen LogP contribution in [0.5, 0.6) is 0 Å². The predicted molar refractivity (Wildman–Crippen MR) is 562 cm³/mol. The summed E-state index contributed by atoms with van der Waals surface area (Å²) in [6.45, 7) is 0. The van der Waals surface area contributed by atoms with Gasteiger partial charge in [-0.05, 0) is 221 Å². The Labute approximate surface area is 770 Å². The minimum atomic E-state index is 0.687. The van der Waals surface area contributed by atoms with Gasteiger partial charge in [-0.15, -0.1) is 0 Å². The first-order valence-corrected chi connectivity index (χ1v) is 45.8. The second kappa shape index (κ2) is 30.9. The van der Waals surface area contributed by atoms with Crippen molar-refractivity contribution in [1.29, 1.82) is 0 Å². The molecular weight excluding hydrogens is 1630 g/mol. The molecule has 0 bridgehead atoms. The van der Waals surface area contributed by atoms with Crippen LogP contribution in [0.4, 0.5) is 0 Å². The maximum absolute atomic E-state index is 5.58. The molecule has 0 spiro atoms. The summed E-state index contributed by atoms with van der Waals surface area (Å²) in [5, 5.41) is 24.0. The number of para-hydroxylation sites is 4. The molecule has 0 N–H and O–H groups in total. The van der Waals surface area contributed by atoms with Crippen LogP contribution in [0.3, 0.4) is 0 Å². The average molecular weight is 1700 g/mol. The van der Waals surface area contributed by atoms with Gasteiger partial charge in [-0.2, -0.15) is 0 Å². The second-order valence-electron chi connectivity index (χ2n) is 35.0. The lowest BCUT2D eigenvalue weighted by Crippen LogP contribution is -2.00. The summed E-state index contributed by atoms with van der Waals surface area (Å²) in [7, 11) is 0. The molecule has 134 heavy (non-hydrogen) atoms. The van der Waals surface area contributed by atoms with Gasteiger partial charge in [0, 0.05) is 87.2 Å². The lowest BCUT2D eigenvalue weighted by molar-refractivity contribution is 1.17. The van der Waals surface area contributed by atoms with Gasteiger partial charge in [-0.25, -0.2) is 19.9 Å². The molecule has 0 aliphatic carbocycles. The number of benzene rings is 22. The molecule has 28 rings (SSSR count). The lowest BCUT2D eigenvalue weighted by Gasteiger charge is -2.16. The Hall–Kier alpha value is -18.0. The smallest absolute Gasteiger partial charge is 0.161 e. The first-order valence-electron chi connectivity index (χ1n) is 45.8. The molecule has 6 aromatic heterocycles. The van der Waals surface area contributed by atoms with Crippen molar-refractivity contribution in [2.75, 3.05) is 0 Å². The summed E-state index contributed by atoms with van der Waals surface area (Å²) in [5.74, 6) is 1.39. The van der Waals surface area contributed by atoms with Crippen LogP contribution >= 0.6 is 0 Å². The molecule has 0 aliphatic heterocycles. The van der Waals surface area contributed by atoms with Gasteiger partial charge in [0.05, 0.1) is 83.6 Å². The van der Waals surface area contributed by atoms with Crippen LogP contribution in [0, 0.1) is 0 Å². The van der Waals surface area contributed by atoms with Crippen molar-refractivity contribution >= 4 is 163 Å². The molecule has 28 aromatic rings. The van der Waals surface area contributed by atoms with E-state index in [0.717, 1.165) is 133 Å². The van der Waals surface area contributed by atoms with Crippen LogP contribution in [0.2, 0.25) is 0 Å². The van der Waals surface area contributed by atoms with Gasteiger partial charge >= 0.3 is 0 Å². The standard InChI is InChI=1S/C68H42N4.C58H36N4/c1-3-18-43(19-4-1)48-38-49(44-20-5-2-6-21-44)40-50(39-48)67-55-28-13-15-30-58(55)69-68(70-67)54-35-37-60(53-27-12-11-26-52(53)54)72-62-33-17-32-61(66(62)57-41-46-23-7-8-24-47(46)42-64(57)72)71-59-31-16-14-29-56(59)65-51-25-10-9-22-45(51)34-36-63(65)71;1-2-13-37(14-3-1)38-25-27-40(28-26-38)57-46-19-8-10-21-49(46)59-58(60-57)41-29-32-44(33-30-41)61-51-23-12-24-52(56(51)48-35-42-16-4-5-17-43(42)36-54(48)61)62-50-22-11-9-20-47(50)55-45-18-7-6-15-39(45)31-34-53(55)62/h1-42H;1-36H. The van der Waals surface area contributed by atoms with Crippen molar-refractivity contribution in [3.05, 3.63) is 473 Å². The quantitative estimate of drug-likeness (QED) is 0.129.